The van der Waals surface area contributed by atoms with E-state index in [0.717, 1.165) is 24.5 Å². The Labute approximate surface area is 129 Å². The van der Waals surface area contributed by atoms with Gasteiger partial charge in [-0.25, -0.2) is 4.98 Å². The van der Waals surface area contributed by atoms with E-state index in [4.69, 9.17) is 0 Å². The molecule has 0 spiro atoms. The average molecular weight is 297 g/mol. The van der Waals surface area contributed by atoms with Crippen LogP contribution in [0.15, 0.2) is 42.5 Å². The molecular formula is C17H19N3O2. The fourth-order valence-electron chi connectivity index (χ4n) is 2.61. The normalized spacial score (nSPS) is 14.5. The zero-order valence-electron chi connectivity index (χ0n) is 12.5. The lowest BCUT2D eigenvalue weighted by molar-refractivity contribution is 0.0919. The van der Waals surface area contributed by atoms with Crippen LogP contribution in [0, 0.1) is 0 Å². The standard InChI is InChI=1S/C17H19N3O2/c1-12(21)11-18-17(22)14-6-4-8-16(19-14)20-10-9-13-5-2-3-7-15(13)20/h2-8,12,21H,9-11H2,1H3,(H,18,22). The van der Waals surface area contributed by atoms with Crippen molar-refractivity contribution >= 4 is 17.4 Å². The molecule has 0 fully saturated rings. The number of pyridine rings is 1. The number of amides is 1. The summed E-state index contributed by atoms with van der Waals surface area (Å²) in [5, 5.41) is 11.9. The number of carbonyl (C=O) groups excluding carboxylic acids is 1. The summed E-state index contributed by atoms with van der Waals surface area (Å²) in [6.45, 7) is 2.72. The molecular weight excluding hydrogens is 278 g/mol. The van der Waals surface area contributed by atoms with Gasteiger partial charge in [-0.15, -0.1) is 0 Å². The smallest absolute Gasteiger partial charge is 0.270 e. The zero-order chi connectivity index (χ0) is 15.5. The Kier molecular flexibility index (Phi) is 4.06. The van der Waals surface area contributed by atoms with Crippen LogP contribution in [0.5, 0.6) is 0 Å². The second kappa shape index (κ2) is 6.15. The number of hydrogen-bond donors (Lipinski definition) is 2. The first-order chi connectivity index (χ1) is 10.6. The van der Waals surface area contributed by atoms with Gasteiger partial charge in [0.1, 0.15) is 11.5 Å². The van der Waals surface area contributed by atoms with Crippen LogP contribution in [0.1, 0.15) is 23.0 Å². The molecule has 5 nitrogen and oxygen atoms in total. The van der Waals surface area contributed by atoms with Gasteiger partial charge in [0, 0.05) is 18.8 Å². The highest BCUT2D eigenvalue weighted by atomic mass is 16.3. The molecule has 0 saturated heterocycles. The second-order valence-electron chi connectivity index (χ2n) is 5.47. The van der Waals surface area contributed by atoms with Gasteiger partial charge in [-0.05, 0) is 37.1 Å². The van der Waals surface area contributed by atoms with Gasteiger partial charge in [0.2, 0.25) is 0 Å². The Bertz CT molecular complexity index is 685. The molecule has 1 unspecified atom stereocenters. The summed E-state index contributed by atoms with van der Waals surface area (Å²) in [5.74, 6) is 0.505. The number of hydrogen-bond acceptors (Lipinski definition) is 4. The molecule has 0 saturated carbocycles. The number of nitrogens with zero attached hydrogens (tertiary/aromatic N) is 2. The van der Waals surface area contributed by atoms with Crippen molar-refractivity contribution in [3.05, 3.63) is 53.7 Å². The first kappa shape index (κ1) is 14.5. The molecule has 2 N–H and O–H groups in total. The Morgan fingerprint density at radius 1 is 1.32 bits per heavy atom. The summed E-state index contributed by atoms with van der Waals surface area (Å²) in [5.41, 5.74) is 2.81. The Morgan fingerprint density at radius 3 is 2.95 bits per heavy atom. The van der Waals surface area contributed by atoms with E-state index in [0.29, 0.717) is 5.69 Å². The summed E-state index contributed by atoms with van der Waals surface area (Å²) in [7, 11) is 0. The van der Waals surface area contributed by atoms with Crippen LogP contribution in [0.4, 0.5) is 11.5 Å². The number of para-hydroxylation sites is 1. The van der Waals surface area contributed by atoms with Gasteiger partial charge in [-0.1, -0.05) is 24.3 Å². The van der Waals surface area contributed by atoms with Crippen LogP contribution in [0.3, 0.4) is 0 Å². The van der Waals surface area contributed by atoms with Gasteiger partial charge in [-0.3, -0.25) is 4.79 Å². The predicted octanol–water partition coefficient (Wildman–Crippen LogP) is 1.89. The van der Waals surface area contributed by atoms with Crippen LogP contribution in [0.2, 0.25) is 0 Å². The second-order valence-corrected chi connectivity index (χ2v) is 5.47. The number of nitrogens with one attached hydrogen (secondary N) is 1. The van der Waals surface area contributed by atoms with Gasteiger partial charge >= 0.3 is 0 Å². The van der Waals surface area contributed by atoms with Crippen LogP contribution >= 0.6 is 0 Å². The van der Waals surface area contributed by atoms with Crippen molar-refractivity contribution in [1.82, 2.24) is 10.3 Å². The minimum absolute atomic E-state index is 0.220. The number of anilines is 2. The maximum Gasteiger partial charge on any atom is 0.270 e. The van der Waals surface area contributed by atoms with E-state index in [2.05, 4.69) is 27.3 Å². The van der Waals surface area contributed by atoms with Crippen molar-refractivity contribution in [3.63, 3.8) is 0 Å². The fourth-order valence-corrected chi connectivity index (χ4v) is 2.61. The molecule has 0 bridgehead atoms. The van der Waals surface area contributed by atoms with E-state index in [-0.39, 0.29) is 12.5 Å². The maximum absolute atomic E-state index is 12.1. The number of aliphatic hydroxyl groups is 1. The number of carbonyl (C=O) groups is 1. The Morgan fingerprint density at radius 2 is 2.14 bits per heavy atom. The summed E-state index contributed by atoms with van der Waals surface area (Å²) in [6, 6.07) is 13.7. The molecule has 114 valence electrons. The van der Waals surface area contributed by atoms with Crippen LogP contribution in [0.25, 0.3) is 0 Å². The predicted molar refractivity (Wildman–Crippen MR) is 85.4 cm³/mol. The zero-order valence-corrected chi connectivity index (χ0v) is 12.5. The van der Waals surface area contributed by atoms with E-state index in [9.17, 15) is 9.90 Å². The van der Waals surface area contributed by atoms with Crippen molar-refractivity contribution < 1.29 is 9.90 Å². The maximum atomic E-state index is 12.1. The lowest BCUT2D eigenvalue weighted by atomic mass is 10.2. The minimum Gasteiger partial charge on any atom is -0.392 e. The fraction of sp³-hybridized carbons (Fsp3) is 0.294. The highest BCUT2D eigenvalue weighted by Crippen LogP contribution is 2.32. The van der Waals surface area contributed by atoms with Crippen molar-refractivity contribution in [2.45, 2.75) is 19.4 Å². The number of fused-ring (bicyclic) bond motifs is 1. The first-order valence-corrected chi connectivity index (χ1v) is 7.44. The molecule has 2 heterocycles. The molecule has 1 aliphatic rings. The van der Waals surface area contributed by atoms with Crippen LogP contribution in [-0.4, -0.2) is 35.2 Å². The number of aliphatic hydroxyl groups excluding tert-OH is 1. The number of aromatic nitrogens is 1. The first-order valence-electron chi connectivity index (χ1n) is 7.44. The molecule has 0 radical (unpaired) electrons. The van der Waals surface area contributed by atoms with E-state index < -0.39 is 6.10 Å². The summed E-state index contributed by atoms with van der Waals surface area (Å²) >= 11 is 0. The third kappa shape index (κ3) is 2.94. The summed E-state index contributed by atoms with van der Waals surface area (Å²) < 4.78 is 0. The molecule has 0 aliphatic carbocycles. The summed E-state index contributed by atoms with van der Waals surface area (Å²) in [4.78, 5) is 18.6. The lowest BCUT2D eigenvalue weighted by Gasteiger charge is -2.19. The van der Waals surface area contributed by atoms with Gasteiger partial charge < -0.3 is 15.3 Å². The van der Waals surface area contributed by atoms with E-state index in [1.807, 2.05) is 24.3 Å². The molecule has 1 aromatic heterocycles. The molecule has 1 atom stereocenters. The van der Waals surface area contributed by atoms with E-state index in [1.165, 1.54) is 5.56 Å². The van der Waals surface area contributed by atoms with Crippen molar-refractivity contribution in [1.29, 1.82) is 0 Å². The lowest BCUT2D eigenvalue weighted by Crippen LogP contribution is -2.31. The third-order valence-corrected chi connectivity index (χ3v) is 3.69. The summed E-state index contributed by atoms with van der Waals surface area (Å²) in [6.07, 6.45) is 0.411. The van der Waals surface area contributed by atoms with Crippen molar-refractivity contribution in [2.24, 2.45) is 0 Å². The highest BCUT2D eigenvalue weighted by Gasteiger charge is 2.21. The molecule has 1 amide bonds. The highest BCUT2D eigenvalue weighted by molar-refractivity contribution is 5.92. The molecule has 3 rings (SSSR count). The van der Waals surface area contributed by atoms with E-state index >= 15 is 0 Å². The quantitative estimate of drug-likeness (QED) is 0.904. The minimum atomic E-state index is -0.572. The van der Waals surface area contributed by atoms with E-state index in [1.54, 1.807) is 13.0 Å². The average Bonchev–Trinajstić information content (AvgIpc) is 2.96. The van der Waals surface area contributed by atoms with Crippen LogP contribution in [-0.2, 0) is 6.42 Å². The topological polar surface area (TPSA) is 65.5 Å². The van der Waals surface area contributed by atoms with Crippen LogP contribution < -0.4 is 10.2 Å². The van der Waals surface area contributed by atoms with Gasteiger partial charge in [-0.2, -0.15) is 0 Å². The van der Waals surface area contributed by atoms with Gasteiger partial charge in [0.25, 0.3) is 5.91 Å². The number of benzene rings is 1. The van der Waals surface area contributed by atoms with Gasteiger partial charge in [0.05, 0.1) is 6.10 Å². The number of rotatable bonds is 4. The SMILES string of the molecule is CC(O)CNC(=O)c1cccc(N2CCc3ccccc32)n1. The Balaban J connectivity index is 1.82. The monoisotopic (exact) mass is 297 g/mol. The molecule has 22 heavy (non-hydrogen) atoms. The Hall–Kier alpha value is -2.40. The molecule has 1 aliphatic heterocycles. The molecule has 5 heteroatoms. The molecule has 2 aromatic rings. The molecule has 1 aromatic carbocycles. The van der Waals surface area contributed by atoms with Crippen molar-refractivity contribution in [3.8, 4) is 0 Å². The largest absolute Gasteiger partial charge is 0.392 e. The van der Waals surface area contributed by atoms with Crippen molar-refractivity contribution in [2.75, 3.05) is 18.0 Å². The van der Waals surface area contributed by atoms with Gasteiger partial charge in [0.15, 0.2) is 0 Å². The third-order valence-electron chi connectivity index (χ3n) is 3.69.